The van der Waals surface area contributed by atoms with Crippen LogP contribution in [-0.4, -0.2) is 74.1 Å². The molecule has 0 saturated carbocycles. The van der Waals surface area contributed by atoms with E-state index in [-0.39, 0.29) is 35.8 Å². The molecule has 1 heterocycles. The number of carbonyl (C=O) groups is 5. The molecular weight excluding hydrogens is 500 g/mol. The van der Waals surface area contributed by atoms with Crippen LogP contribution in [0.1, 0.15) is 41.5 Å². The van der Waals surface area contributed by atoms with Gasteiger partial charge >= 0.3 is 29.8 Å². The molecule has 38 heavy (non-hydrogen) atoms. The zero-order chi connectivity index (χ0) is 30.6. The minimum atomic E-state index is -0.710. The number of esters is 5. The molecule has 0 amide bonds. The molecule has 0 radical (unpaired) electrons. The number of aliphatic hydroxyl groups excluding tert-OH is 1. The van der Waals surface area contributed by atoms with Gasteiger partial charge in [0.15, 0.2) is 0 Å². The summed E-state index contributed by atoms with van der Waals surface area (Å²) in [4.78, 5) is 52.8. The van der Waals surface area contributed by atoms with E-state index >= 15 is 0 Å². The molecule has 1 aliphatic heterocycles. The van der Waals surface area contributed by atoms with Crippen molar-refractivity contribution in [2.45, 2.75) is 53.8 Å². The van der Waals surface area contributed by atoms with Crippen LogP contribution in [0.25, 0.3) is 0 Å². The third kappa shape index (κ3) is 25.3. The number of aliphatic hydroxyl groups is 1. The number of hydrogen-bond donors (Lipinski definition) is 1. The normalized spacial score (nSPS) is 12.9. The lowest BCUT2D eigenvalue weighted by molar-refractivity contribution is -0.154. The second kappa shape index (κ2) is 21.3. The monoisotopic (exact) mass is 540 g/mol. The molecule has 0 aromatic rings. The van der Waals surface area contributed by atoms with Gasteiger partial charge in [-0.05, 0) is 41.5 Å². The van der Waals surface area contributed by atoms with Gasteiger partial charge in [-0.15, -0.1) is 0 Å². The highest BCUT2D eigenvalue weighted by atomic mass is 16.6. The smallest absolute Gasteiger partial charge is 0.340 e. The topological polar surface area (TPSA) is 155 Å². The highest BCUT2D eigenvalue weighted by Gasteiger charge is 2.24. The maximum atomic E-state index is 10.7. The lowest BCUT2D eigenvalue weighted by Crippen LogP contribution is -2.15. The van der Waals surface area contributed by atoms with Crippen molar-refractivity contribution >= 4 is 29.8 Å². The first-order valence-electron chi connectivity index (χ1n) is 11.1. The van der Waals surface area contributed by atoms with Crippen molar-refractivity contribution < 1.29 is 52.8 Å². The van der Waals surface area contributed by atoms with E-state index in [1.165, 1.54) is 21.0 Å². The molecule has 214 valence electrons. The van der Waals surface area contributed by atoms with Gasteiger partial charge in [-0.3, -0.25) is 0 Å². The molecular formula is C27H40O11. The largest absolute Gasteiger partial charge is 0.466 e. The average Bonchev–Trinajstić information content (AvgIpc) is 3.65. The van der Waals surface area contributed by atoms with Crippen LogP contribution >= 0.6 is 0 Å². The van der Waals surface area contributed by atoms with Gasteiger partial charge in [-0.25, -0.2) is 24.0 Å². The molecule has 0 aromatic heterocycles. The van der Waals surface area contributed by atoms with Gasteiger partial charge in [0, 0.05) is 27.9 Å². The molecule has 1 aliphatic rings. The van der Waals surface area contributed by atoms with Crippen LogP contribution in [0.3, 0.4) is 0 Å². The second-order valence-electron chi connectivity index (χ2n) is 8.07. The highest BCUT2D eigenvalue weighted by Crippen LogP contribution is 2.09. The fraction of sp³-hybridized carbons (Fsp3) is 0.444. The number of carbonyl (C=O) groups excluding carboxylic acids is 5. The molecule has 0 aromatic carbocycles. The van der Waals surface area contributed by atoms with Crippen LogP contribution in [0.4, 0.5) is 0 Å². The zero-order valence-corrected chi connectivity index (χ0v) is 23.3. The number of hydrogen-bond acceptors (Lipinski definition) is 11. The van der Waals surface area contributed by atoms with E-state index in [0.29, 0.717) is 29.9 Å². The van der Waals surface area contributed by atoms with E-state index in [9.17, 15) is 24.0 Å². The Hall–Kier alpha value is -3.83. The molecule has 1 fully saturated rings. The van der Waals surface area contributed by atoms with Crippen LogP contribution < -0.4 is 0 Å². The summed E-state index contributed by atoms with van der Waals surface area (Å²) in [6, 6.07) is 0. The molecule has 0 bridgehead atoms. The molecule has 0 spiro atoms. The first kappa shape index (κ1) is 38.7. The fourth-order valence-corrected chi connectivity index (χ4v) is 1.21. The average molecular weight is 541 g/mol. The number of rotatable bonds is 9. The van der Waals surface area contributed by atoms with Crippen molar-refractivity contribution in [3.63, 3.8) is 0 Å². The van der Waals surface area contributed by atoms with Crippen molar-refractivity contribution in [1.29, 1.82) is 0 Å². The summed E-state index contributed by atoms with van der Waals surface area (Å²) in [5.41, 5.74) is 1.60. The number of epoxide rings is 1. The van der Waals surface area contributed by atoms with Gasteiger partial charge in [0.25, 0.3) is 0 Å². The van der Waals surface area contributed by atoms with Crippen LogP contribution in [-0.2, 0) is 47.7 Å². The van der Waals surface area contributed by atoms with Gasteiger partial charge < -0.3 is 28.8 Å². The van der Waals surface area contributed by atoms with E-state index in [1.54, 1.807) is 27.7 Å². The summed E-state index contributed by atoms with van der Waals surface area (Å²) in [6.07, 6.45) is -0.466. The van der Waals surface area contributed by atoms with Crippen molar-refractivity contribution in [3.05, 3.63) is 60.8 Å². The van der Waals surface area contributed by atoms with Crippen molar-refractivity contribution in [2.24, 2.45) is 0 Å². The third-order valence-corrected chi connectivity index (χ3v) is 3.37. The molecule has 11 nitrogen and oxygen atoms in total. The molecule has 1 rings (SSSR count). The standard InChI is InChI=1S/C8H10O3.C7H10O3.C7H12O3.C5H8O2/c1-5(2)7(9)11-8(10)6(3)4;1-5(2)7(8)10-4-6-3-9-6;1-5(2)7(9)10-4-6(3)8;1-4(2)5(6)7-3/h1,3H2,2,4H3;6H,1,3-4H2,2H3;6,8H,1,4H2,2-3H3;1H2,2-3H3. The molecule has 1 saturated heterocycles. The predicted molar refractivity (Wildman–Crippen MR) is 141 cm³/mol. The molecule has 2 unspecified atom stereocenters. The Morgan fingerprint density at radius 2 is 1.08 bits per heavy atom. The molecule has 2 atom stereocenters. The summed E-state index contributed by atoms with van der Waals surface area (Å²) in [5.74, 6) is -2.56. The van der Waals surface area contributed by atoms with E-state index < -0.39 is 24.0 Å². The Balaban J connectivity index is -0.000000435. The summed E-state index contributed by atoms with van der Waals surface area (Å²) in [6.45, 7) is 27.2. The van der Waals surface area contributed by atoms with E-state index in [2.05, 4.69) is 47.1 Å². The van der Waals surface area contributed by atoms with Crippen LogP contribution in [0, 0.1) is 0 Å². The van der Waals surface area contributed by atoms with Crippen molar-refractivity contribution in [3.8, 4) is 0 Å². The van der Waals surface area contributed by atoms with Gasteiger partial charge in [0.1, 0.15) is 19.3 Å². The van der Waals surface area contributed by atoms with Gasteiger partial charge in [-0.2, -0.15) is 0 Å². The minimum Gasteiger partial charge on any atom is -0.466 e. The predicted octanol–water partition coefficient (Wildman–Crippen LogP) is 2.93. The Morgan fingerprint density at radius 3 is 1.32 bits per heavy atom. The van der Waals surface area contributed by atoms with Gasteiger partial charge in [0.05, 0.1) is 19.8 Å². The van der Waals surface area contributed by atoms with Crippen molar-refractivity contribution in [2.75, 3.05) is 26.9 Å². The van der Waals surface area contributed by atoms with E-state index in [0.717, 1.165) is 0 Å². The number of ether oxygens (including phenoxy) is 5. The van der Waals surface area contributed by atoms with Crippen LogP contribution in [0.5, 0.6) is 0 Å². The Kier molecular flexibility index (Phi) is 21.7. The Bertz CT molecular complexity index is 854. The summed E-state index contributed by atoms with van der Waals surface area (Å²) < 4.78 is 22.7. The summed E-state index contributed by atoms with van der Waals surface area (Å²) >= 11 is 0. The van der Waals surface area contributed by atoms with Crippen LogP contribution in [0.2, 0.25) is 0 Å². The Morgan fingerprint density at radius 1 is 0.737 bits per heavy atom. The molecule has 0 aliphatic carbocycles. The molecule has 11 heteroatoms. The quantitative estimate of drug-likeness (QED) is 0.151. The lowest BCUT2D eigenvalue weighted by Gasteiger charge is -2.04. The molecule has 1 N–H and O–H groups in total. The first-order valence-corrected chi connectivity index (χ1v) is 11.1. The first-order chi connectivity index (χ1) is 17.4. The second-order valence-corrected chi connectivity index (χ2v) is 8.07. The fourth-order valence-electron chi connectivity index (χ4n) is 1.21. The zero-order valence-electron chi connectivity index (χ0n) is 23.3. The summed E-state index contributed by atoms with van der Waals surface area (Å²) in [7, 11) is 1.33. The van der Waals surface area contributed by atoms with Gasteiger partial charge in [0.2, 0.25) is 0 Å². The van der Waals surface area contributed by atoms with Gasteiger partial charge in [-0.1, -0.05) is 32.9 Å². The summed E-state index contributed by atoms with van der Waals surface area (Å²) in [5, 5.41) is 8.68. The van der Waals surface area contributed by atoms with E-state index in [4.69, 9.17) is 14.6 Å². The van der Waals surface area contributed by atoms with Crippen LogP contribution in [0.15, 0.2) is 60.8 Å². The maximum absolute atomic E-state index is 10.7. The highest BCUT2D eigenvalue weighted by molar-refractivity contribution is 6.00. The number of methoxy groups -OCH3 is 1. The lowest BCUT2D eigenvalue weighted by atomic mass is 10.3. The maximum Gasteiger partial charge on any atom is 0.340 e. The Labute approximate surface area is 224 Å². The third-order valence-electron chi connectivity index (χ3n) is 3.37. The van der Waals surface area contributed by atoms with E-state index in [1.807, 2.05) is 0 Å². The SMILES string of the molecule is C=C(C)C(=O)OC.C=C(C)C(=O)OC(=O)C(=C)C.C=C(C)C(=O)OCC(C)O.C=C(C)C(=O)OCC1CO1. The minimum absolute atomic E-state index is 0.0334. The van der Waals surface area contributed by atoms with Crippen molar-refractivity contribution in [1.82, 2.24) is 0 Å².